The number of methoxy groups -OCH3 is 1. The lowest BCUT2D eigenvalue weighted by atomic mass is 9.96. The fraction of sp³-hybridized carbons (Fsp3) is 0.238. The van der Waals surface area contributed by atoms with E-state index < -0.39 is 12.0 Å². The van der Waals surface area contributed by atoms with Gasteiger partial charge < -0.3 is 14.4 Å². The number of nitrogens with zero attached hydrogens (tertiary/aromatic N) is 1. The Morgan fingerprint density at radius 2 is 1.93 bits per heavy atom. The normalized spacial score (nSPS) is 12.3. The molecule has 0 saturated carbocycles. The molecule has 142 valence electrons. The molecular weight excluding hydrogens is 344 g/mol. The minimum atomic E-state index is -0.794. The zero-order valence-electron chi connectivity index (χ0n) is 15.8. The summed E-state index contributed by atoms with van der Waals surface area (Å²) in [6, 6.07) is 14.5. The van der Waals surface area contributed by atoms with Crippen LogP contribution in [0.15, 0.2) is 60.3 Å². The smallest absolute Gasteiger partial charge is 0.329 e. The molecule has 0 aliphatic rings. The van der Waals surface area contributed by atoms with Gasteiger partial charge in [-0.2, -0.15) is 5.48 Å². The first kappa shape index (κ1) is 20.4. The van der Waals surface area contributed by atoms with E-state index in [0.717, 1.165) is 22.4 Å². The highest BCUT2D eigenvalue weighted by molar-refractivity contribution is 5.98. The maximum absolute atomic E-state index is 12.2. The Morgan fingerprint density at radius 3 is 2.56 bits per heavy atom. The number of benzene rings is 2. The molecule has 0 bridgehead atoms. The fourth-order valence-corrected chi connectivity index (χ4v) is 2.65. The number of oxime groups is 1. The third kappa shape index (κ3) is 5.26. The van der Waals surface area contributed by atoms with Gasteiger partial charge in [-0.25, -0.2) is 4.79 Å². The molecule has 6 nitrogen and oxygen atoms in total. The molecule has 27 heavy (non-hydrogen) atoms. The number of hydrogen-bond acceptors (Lipinski definition) is 6. The van der Waals surface area contributed by atoms with E-state index in [4.69, 9.17) is 14.4 Å². The van der Waals surface area contributed by atoms with E-state index in [-0.39, 0.29) is 6.61 Å². The molecule has 2 aromatic rings. The van der Waals surface area contributed by atoms with E-state index in [1.165, 1.54) is 14.2 Å². The number of hydroxylamine groups is 1. The first-order valence-corrected chi connectivity index (χ1v) is 8.44. The van der Waals surface area contributed by atoms with Gasteiger partial charge in [0.15, 0.2) is 6.04 Å². The summed E-state index contributed by atoms with van der Waals surface area (Å²) in [5, 5.41) is 4.19. The Balaban J connectivity index is 2.29. The third-order valence-corrected chi connectivity index (χ3v) is 4.05. The van der Waals surface area contributed by atoms with Gasteiger partial charge in [0.1, 0.15) is 6.61 Å². The molecule has 0 fully saturated rings. The van der Waals surface area contributed by atoms with Gasteiger partial charge >= 0.3 is 5.97 Å². The number of nitrogens with one attached hydrogen (secondary N) is 1. The van der Waals surface area contributed by atoms with Crippen molar-refractivity contribution in [1.82, 2.24) is 5.48 Å². The predicted molar refractivity (Wildman–Crippen MR) is 105 cm³/mol. The Bertz CT molecular complexity index is 803. The second-order valence-electron chi connectivity index (χ2n) is 5.71. The number of rotatable bonds is 9. The first-order chi connectivity index (χ1) is 13.1. The summed E-state index contributed by atoms with van der Waals surface area (Å²) < 4.78 is 4.87. The van der Waals surface area contributed by atoms with E-state index >= 15 is 0 Å². The van der Waals surface area contributed by atoms with Crippen molar-refractivity contribution in [3.05, 3.63) is 77.4 Å². The minimum Gasteiger partial charge on any atom is -0.468 e. The quantitative estimate of drug-likeness (QED) is 0.416. The second kappa shape index (κ2) is 10.3. The second-order valence-corrected chi connectivity index (χ2v) is 5.71. The van der Waals surface area contributed by atoms with Crippen molar-refractivity contribution in [1.29, 1.82) is 0 Å². The number of carbonyl (C=O) groups is 1. The Hall–Kier alpha value is -2.96. The summed E-state index contributed by atoms with van der Waals surface area (Å²) in [4.78, 5) is 22.7. The van der Waals surface area contributed by atoms with Crippen LogP contribution in [0.25, 0.3) is 6.08 Å². The number of carbonyl (C=O) groups excluding carboxylic acids is 1. The number of hydrogen-bond donors (Lipinski definition) is 1. The van der Waals surface area contributed by atoms with Gasteiger partial charge in [-0.05, 0) is 23.6 Å². The average Bonchev–Trinajstić information content (AvgIpc) is 2.72. The van der Waals surface area contributed by atoms with Crippen LogP contribution in [0.3, 0.4) is 0 Å². The van der Waals surface area contributed by atoms with Gasteiger partial charge in [0.05, 0.1) is 19.9 Å². The maximum Gasteiger partial charge on any atom is 0.329 e. The molecule has 0 aliphatic carbocycles. The molecule has 0 radical (unpaired) electrons. The highest BCUT2D eigenvalue weighted by Crippen LogP contribution is 2.25. The maximum atomic E-state index is 12.2. The summed E-state index contributed by atoms with van der Waals surface area (Å²) in [7, 11) is 2.77. The van der Waals surface area contributed by atoms with Crippen molar-refractivity contribution in [3.63, 3.8) is 0 Å². The summed E-state index contributed by atoms with van der Waals surface area (Å²) in [6.45, 7) is 5.88. The van der Waals surface area contributed by atoms with Crippen molar-refractivity contribution in [2.24, 2.45) is 5.16 Å². The molecule has 0 spiro atoms. The van der Waals surface area contributed by atoms with E-state index in [1.54, 1.807) is 6.08 Å². The lowest BCUT2D eigenvalue weighted by molar-refractivity contribution is -0.147. The molecule has 1 unspecified atom stereocenters. The van der Waals surface area contributed by atoms with Crippen LogP contribution < -0.4 is 5.48 Å². The highest BCUT2D eigenvalue weighted by Gasteiger charge is 2.25. The molecule has 6 heteroatoms. The molecule has 1 N–H and O–H groups in total. The highest BCUT2D eigenvalue weighted by atomic mass is 16.6. The van der Waals surface area contributed by atoms with Crippen molar-refractivity contribution in [2.45, 2.75) is 19.6 Å². The summed E-state index contributed by atoms with van der Waals surface area (Å²) in [6.07, 6.45) is 1.71. The molecule has 2 rings (SSSR count). The van der Waals surface area contributed by atoms with Gasteiger partial charge in [0.2, 0.25) is 0 Å². The van der Waals surface area contributed by atoms with Gasteiger partial charge in [-0.15, -0.1) is 0 Å². The Kier molecular flexibility index (Phi) is 7.73. The molecule has 0 aliphatic heterocycles. The zero-order chi connectivity index (χ0) is 19.6. The van der Waals surface area contributed by atoms with Gasteiger partial charge in [-0.1, -0.05) is 66.3 Å². The third-order valence-electron chi connectivity index (χ3n) is 4.05. The van der Waals surface area contributed by atoms with Crippen molar-refractivity contribution < 1.29 is 19.2 Å². The molecule has 0 aromatic heterocycles. The van der Waals surface area contributed by atoms with Crippen LogP contribution in [0.2, 0.25) is 0 Å². The average molecular weight is 368 g/mol. The predicted octanol–water partition coefficient (Wildman–Crippen LogP) is 3.64. The van der Waals surface area contributed by atoms with Crippen LogP contribution in [-0.2, 0) is 25.8 Å². The van der Waals surface area contributed by atoms with Crippen molar-refractivity contribution in [2.75, 3.05) is 14.2 Å². The standard InChI is InChI=1S/C21H24N2O4/c1-5-16-12-9-13-18(20(23-26-4)21(24)25-3)19(16)14-27-22-15(2)17-10-7-6-8-11-17/h5-13,20,23H,1,14H2,2-4H3/b22-15+. The van der Waals surface area contributed by atoms with Crippen molar-refractivity contribution in [3.8, 4) is 0 Å². The minimum absolute atomic E-state index is 0.167. The molecule has 2 aromatic carbocycles. The SMILES string of the molecule is C=Cc1cccc(C(NOC)C(=O)OC)c1CO/N=C(\C)c1ccccc1. The summed E-state index contributed by atoms with van der Waals surface area (Å²) in [5.41, 5.74) is 6.69. The monoisotopic (exact) mass is 368 g/mol. The van der Waals surface area contributed by atoms with Crippen LogP contribution in [0.4, 0.5) is 0 Å². The molecular formula is C21H24N2O4. The van der Waals surface area contributed by atoms with Crippen LogP contribution >= 0.6 is 0 Å². The fourth-order valence-electron chi connectivity index (χ4n) is 2.65. The molecule has 0 saturated heterocycles. The topological polar surface area (TPSA) is 69.2 Å². The summed E-state index contributed by atoms with van der Waals surface area (Å²) >= 11 is 0. The Morgan fingerprint density at radius 1 is 1.19 bits per heavy atom. The molecule has 0 amide bonds. The molecule has 0 heterocycles. The van der Waals surface area contributed by atoms with Crippen molar-refractivity contribution >= 4 is 17.8 Å². The van der Waals surface area contributed by atoms with Crippen LogP contribution in [0, 0.1) is 0 Å². The number of ether oxygens (including phenoxy) is 1. The summed E-state index contributed by atoms with van der Waals surface area (Å²) in [5.74, 6) is -0.469. The van der Waals surface area contributed by atoms with Gasteiger partial charge in [-0.3, -0.25) is 0 Å². The number of esters is 1. The largest absolute Gasteiger partial charge is 0.468 e. The van der Waals surface area contributed by atoms with E-state index in [2.05, 4.69) is 17.2 Å². The van der Waals surface area contributed by atoms with E-state index in [9.17, 15) is 4.79 Å². The zero-order valence-corrected chi connectivity index (χ0v) is 15.8. The Labute approximate surface area is 159 Å². The van der Waals surface area contributed by atoms with E-state index in [1.807, 2.05) is 55.5 Å². The van der Waals surface area contributed by atoms with Crippen LogP contribution in [-0.4, -0.2) is 25.9 Å². The molecule has 1 atom stereocenters. The van der Waals surface area contributed by atoms with E-state index in [0.29, 0.717) is 5.56 Å². The van der Waals surface area contributed by atoms with Crippen LogP contribution in [0.1, 0.15) is 35.2 Å². The van der Waals surface area contributed by atoms with Gasteiger partial charge in [0.25, 0.3) is 0 Å². The van der Waals surface area contributed by atoms with Crippen LogP contribution in [0.5, 0.6) is 0 Å². The first-order valence-electron chi connectivity index (χ1n) is 8.44. The lowest BCUT2D eigenvalue weighted by Crippen LogP contribution is -2.30. The van der Waals surface area contributed by atoms with Gasteiger partial charge in [0, 0.05) is 5.56 Å². The lowest BCUT2D eigenvalue weighted by Gasteiger charge is -2.19.